The van der Waals surface area contributed by atoms with Crippen molar-refractivity contribution in [2.45, 2.75) is 0 Å². The largest absolute Gasteiger partial charge is 0.379 e. The highest BCUT2D eigenvalue weighted by molar-refractivity contribution is 8.68. The first kappa shape index (κ1) is 7.72. The lowest BCUT2D eigenvalue weighted by Crippen LogP contribution is -2.35. The van der Waals surface area contributed by atoms with Crippen molar-refractivity contribution in [3.05, 3.63) is 0 Å². The molecule has 1 aliphatic rings. The maximum Gasteiger partial charge on any atom is 0.0594 e. The molecule has 54 valence electrons. The van der Waals surface area contributed by atoms with E-state index in [1.807, 2.05) is 0 Å². The molecule has 0 unspecified atom stereocenters. The number of ether oxygens (including phenoxy) is 1. The standard InChI is InChI=1S/C5H11NOS2/c8-9-5-6-1-3-7-4-2-6/h8H,1-5H2. The highest BCUT2D eigenvalue weighted by Crippen LogP contribution is 2.08. The molecular weight excluding hydrogens is 154 g/mol. The van der Waals surface area contributed by atoms with Crippen LogP contribution < -0.4 is 0 Å². The third kappa shape index (κ3) is 2.80. The Hall–Kier alpha value is 0.620. The van der Waals surface area contributed by atoms with E-state index in [-0.39, 0.29) is 0 Å². The third-order valence-corrected chi connectivity index (χ3v) is 2.17. The van der Waals surface area contributed by atoms with Crippen LogP contribution in [0.3, 0.4) is 0 Å². The minimum absolute atomic E-state index is 0.883. The number of hydrogen-bond donors (Lipinski definition) is 1. The average molecular weight is 165 g/mol. The van der Waals surface area contributed by atoms with Crippen LogP contribution >= 0.6 is 22.5 Å². The molecule has 0 spiro atoms. The summed E-state index contributed by atoms with van der Waals surface area (Å²) in [6, 6.07) is 0. The van der Waals surface area contributed by atoms with Gasteiger partial charge in [-0.05, 0) is 0 Å². The van der Waals surface area contributed by atoms with Gasteiger partial charge in [-0.1, -0.05) is 10.8 Å². The van der Waals surface area contributed by atoms with Gasteiger partial charge in [0, 0.05) is 13.1 Å². The van der Waals surface area contributed by atoms with E-state index in [0.717, 1.165) is 32.2 Å². The average Bonchev–Trinajstić information content (AvgIpc) is 1.91. The molecule has 1 rings (SSSR count). The normalized spacial score (nSPS) is 22.3. The molecule has 1 aliphatic heterocycles. The summed E-state index contributed by atoms with van der Waals surface area (Å²) in [6.07, 6.45) is 0. The maximum absolute atomic E-state index is 5.17. The summed E-state index contributed by atoms with van der Waals surface area (Å²) < 4.78 is 5.17. The Kier molecular flexibility index (Phi) is 3.81. The topological polar surface area (TPSA) is 12.5 Å². The Bertz CT molecular complexity index is 72.6. The molecule has 0 bridgehead atoms. The SMILES string of the molecule is SSCN1CCOCC1. The highest BCUT2D eigenvalue weighted by atomic mass is 33.1. The Morgan fingerprint density at radius 3 is 2.67 bits per heavy atom. The van der Waals surface area contributed by atoms with Crippen molar-refractivity contribution in [3.8, 4) is 0 Å². The molecule has 1 heterocycles. The van der Waals surface area contributed by atoms with Crippen LogP contribution in [0, 0.1) is 0 Å². The van der Waals surface area contributed by atoms with E-state index < -0.39 is 0 Å². The fourth-order valence-electron chi connectivity index (χ4n) is 0.812. The maximum atomic E-state index is 5.17. The first-order chi connectivity index (χ1) is 4.43. The molecule has 9 heavy (non-hydrogen) atoms. The van der Waals surface area contributed by atoms with Crippen molar-refractivity contribution in [2.75, 3.05) is 32.2 Å². The predicted molar refractivity (Wildman–Crippen MR) is 43.8 cm³/mol. The molecule has 4 heteroatoms. The molecule has 0 amide bonds. The lowest BCUT2D eigenvalue weighted by molar-refractivity contribution is 0.0475. The zero-order valence-electron chi connectivity index (χ0n) is 5.25. The van der Waals surface area contributed by atoms with Gasteiger partial charge in [-0.15, -0.1) is 11.7 Å². The van der Waals surface area contributed by atoms with Crippen LogP contribution in [0.2, 0.25) is 0 Å². The van der Waals surface area contributed by atoms with Crippen molar-refractivity contribution in [2.24, 2.45) is 0 Å². The van der Waals surface area contributed by atoms with Gasteiger partial charge in [0.05, 0.1) is 19.1 Å². The molecule has 0 aliphatic carbocycles. The van der Waals surface area contributed by atoms with Gasteiger partial charge < -0.3 is 4.74 Å². The van der Waals surface area contributed by atoms with Crippen LogP contribution in [0.5, 0.6) is 0 Å². The number of thiol groups is 1. The monoisotopic (exact) mass is 165 g/mol. The van der Waals surface area contributed by atoms with Gasteiger partial charge >= 0.3 is 0 Å². The summed E-state index contributed by atoms with van der Waals surface area (Å²) in [5.74, 6) is 1.02. The second-order valence-electron chi connectivity index (χ2n) is 1.99. The number of morpholine rings is 1. The molecule has 0 aromatic carbocycles. The van der Waals surface area contributed by atoms with Gasteiger partial charge in [0.25, 0.3) is 0 Å². The van der Waals surface area contributed by atoms with E-state index in [0.29, 0.717) is 0 Å². The van der Waals surface area contributed by atoms with Crippen molar-refractivity contribution in [1.29, 1.82) is 0 Å². The van der Waals surface area contributed by atoms with Crippen molar-refractivity contribution in [3.63, 3.8) is 0 Å². The van der Waals surface area contributed by atoms with Crippen molar-refractivity contribution >= 4 is 22.5 Å². The van der Waals surface area contributed by atoms with E-state index in [1.165, 1.54) is 0 Å². The molecule has 0 atom stereocenters. The van der Waals surface area contributed by atoms with Gasteiger partial charge in [-0.3, -0.25) is 4.90 Å². The Balaban J connectivity index is 2.08. The summed E-state index contributed by atoms with van der Waals surface area (Å²) in [4.78, 5) is 2.33. The minimum atomic E-state index is 0.883. The van der Waals surface area contributed by atoms with Gasteiger partial charge in [0.2, 0.25) is 0 Å². The van der Waals surface area contributed by atoms with Crippen LogP contribution in [0.1, 0.15) is 0 Å². The Morgan fingerprint density at radius 2 is 2.11 bits per heavy atom. The summed E-state index contributed by atoms with van der Waals surface area (Å²) in [5, 5.41) is 0. The molecule has 0 aromatic heterocycles. The quantitative estimate of drug-likeness (QED) is 0.481. The van der Waals surface area contributed by atoms with Gasteiger partial charge in [-0.2, -0.15) is 0 Å². The zero-order chi connectivity index (χ0) is 6.53. The number of rotatable bonds is 2. The van der Waals surface area contributed by atoms with Crippen LogP contribution in [0.4, 0.5) is 0 Å². The highest BCUT2D eigenvalue weighted by Gasteiger charge is 2.07. The molecule has 1 saturated heterocycles. The lowest BCUT2D eigenvalue weighted by Gasteiger charge is -2.24. The van der Waals surface area contributed by atoms with Crippen LogP contribution in [-0.4, -0.2) is 37.1 Å². The Labute approximate surface area is 64.7 Å². The first-order valence-electron chi connectivity index (χ1n) is 3.00. The minimum Gasteiger partial charge on any atom is -0.379 e. The molecule has 0 saturated carbocycles. The Morgan fingerprint density at radius 1 is 1.44 bits per heavy atom. The fourth-order valence-corrected chi connectivity index (χ4v) is 1.72. The summed E-state index contributed by atoms with van der Waals surface area (Å²) in [6.45, 7) is 3.89. The van der Waals surface area contributed by atoms with Crippen LogP contribution in [0.15, 0.2) is 0 Å². The van der Waals surface area contributed by atoms with E-state index in [1.54, 1.807) is 10.8 Å². The first-order valence-corrected chi connectivity index (χ1v) is 5.04. The smallest absolute Gasteiger partial charge is 0.0594 e. The van der Waals surface area contributed by atoms with Crippen molar-refractivity contribution < 1.29 is 4.74 Å². The van der Waals surface area contributed by atoms with Gasteiger partial charge in [-0.25, -0.2) is 0 Å². The summed E-state index contributed by atoms with van der Waals surface area (Å²) >= 11 is 4.06. The lowest BCUT2D eigenvalue weighted by atomic mass is 10.5. The third-order valence-electron chi connectivity index (χ3n) is 1.34. The molecule has 0 aromatic rings. The number of nitrogens with zero attached hydrogens (tertiary/aromatic N) is 1. The fraction of sp³-hybridized carbons (Fsp3) is 1.00. The zero-order valence-corrected chi connectivity index (χ0v) is 6.96. The van der Waals surface area contributed by atoms with E-state index in [9.17, 15) is 0 Å². The van der Waals surface area contributed by atoms with E-state index in [4.69, 9.17) is 4.74 Å². The molecular formula is C5H11NOS2. The van der Waals surface area contributed by atoms with Gasteiger partial charge in [0.15, 0.2) is 0 Å². The van der Waals surface area contributed by atoms with Crippen LogP contribution in [0.25, 0.3) is 0 Å². The predicted octanol–water partition coefficient (Wildman–Crippen LogP) is 0.854. The van der Waals surface area contributed by atoms with Gasteiger partial charge in [0.1, 0.15) is 0 Å². The molecule has 0 radical (unpaired) electrons. The second-order valence-corrected chi connectivity index (χ2v) is 3.28. The second kappa shape index (κ2) is 4.44. The molecule has 1 fully saturated rings. The summed E-state index contributed by atoms with van der Waals surface area (Å²) in [7, 11) is 1.57. The van der Waals surface area contributed by atoms with Crippen molar-refractivity contribution in [1.82, 2.24) is 4.90 Å². The van der Waals surface area contributed by atoms with E-state index >= 15 is 0 Å². The summed E-state index contributed by atoms with van der Waals surface area (Å²) in [5.41, 5.74) is 0. The molecule has 0 N–H and O–H groups in total. The van der Waals surface area contributed by atoms with E-state index in [2.05, 4.69) is 16.6 Å². The molecule has 2 nitrogen and oxygen atoms in total. The van der Waals surface area contributed by atoms with Crippen LogP contribution in [-0.2, 0) is 4.74 Å². The number of hydrogen-bond acceptors (Lipinski definition) is 4.